The number of benzene rings is 1. The molecule has 0 aliphatic rings. The monoisotopic (exact) mass is 683 g/mol. The first-order valence-corrected chi connectivity index (χ1v) is 25.5. The van der Waals surface area contributed by atoms with Crippen molar-refractivity contribution >= 4 is 25.6 Å². The molecule has 0 atom stereocenters. The van der Waals surface area contributed by atoms with Crippen LogP contribution in [0.25, 0.3) is 0 Å². The van der Waals surface area contributed by atoms with Crippen molar-refractivity contribution in [3.05, 3.63) is 35.4 Å². The topological polar surface area (TPSA) is 52.6 Å². The second-order valence-corrected chi connectivity index (χ2v) is 26.0. The first kappa shape index (κ1) is 43.0. The Hall–Kier alpha value is -0.980. The first-order valence-electron chi connectivity index (χ1n) is 19.7. The van der Waals surface area contributed by atoms with Gasteiger partial charge in [0.05, 0.1) is 0 Å². The summed E-state index contributed by atoms with van der Waals surface area (Å²) < 4.78 is 14.1. The fourth-order valence-corrected chi connectivity index (χ4v) is 21.0. The van der Waals surface area contributed by atoms with Gasteiger partial charge in [-0.15, -0.1) is 0 Å². The summed E-state index contributed by atoms with van der Waals surface area (Å²) in [7, 11) is 0. The van der Waals surface area contributed by atoms with Crippen LogP contribution in [0.1, 0.15) is 179 Å². The van der Waals surface area contributed by atoms with E-state index in [-0.39, 0.29) is 11.9 Å². The van der Waals surface area contributed by atoms with E-state index in [1.54, 1.807) is 6.07 Å². The summed E-state index contributed by atoms with van der Waals surface area (Å²) in [5.41, 5.74) is 1.02. The van der Waals surface area contributed by atoms with Gasteiger partial charge in [-0.1, -0.05) is 0 Å². The molecular weight excluding hydrogens is 606 g/mol. The fourth-order valence-electron chi connectivity index (χ4n) is 7.52. The minimum absolute atomic E-state index is 0.224. The summed E-state index contributed by atoms with van der Waals surface area (Å²) >= 11 is 0. The van der Waals surface area contributed by atoms with E-state index >= 15 is 0 Å². The van der Waals surface area contributed by atoms with E-state index in [0.29, 0.717) is 11.1 Å². The predicted octanol–water partition coefficient (Wildman–Crippen LogP) is 13.3. The van der Waals surface area contributed by atoms with Crippen molar-refractivity contribution < 1.29 is 18.6 Å². The Bertz CT molecular complexity index is 844. The number of rotatable bonds is 28. The minimum atomic E-state index is -2.80. The van der Waals surface area contributed by atoms with Gasteiger partial charge < -0.3 is 0 Å². The molecule has 0 heterocycles. The zero-order valence-electron chi connectivity index (χ0n) is 31.8. The number of carbonyl (C=O) groups excluding carboxylic acids is 2. The average molecular weight is 683 g/mol. The van der Waals surface area contributed by atoms with E-state index in [1.165, 1.54) is 0 Å². The molecule has 6 heteroatoms. The molecule has 46 heavy (non-hydrogen) atoms. The number of hydrogen-bond acceptors (Lipinski definition) is 4. The molecule has 4 nitrogen and oxygen atoms in total. The molecule has 0 aliphatic heterocycles. The normalized spacial score (nSPS) is 13.8. The summed E-state index contributed by atoms with van der Waals surface area (Å²) in [5, 5.41) is 0. The molecule has 0 N–H and O–H groups in total. The summed E-state index contributed by atoms with van der Waals surface area (Å²) in [4.78, 5) is 28.5. The predicted molar refractivity (Wildman–Crippen MR) is 209 cm³/mol. The number of hydrogen-bond donors (Lipinski definition) is 0. The molecule has 0 unspecified atom stereocenters. The van der Waals surface area contributed by atoms with Gasteiger partial charge >= 0.3 is 287 Å². The molecule has 0 fully saturated rings. The van der Waals surface area contributed by atoms with Crippen LogP contribution >= 0.6 is 13.7 Å². The molecule has 0 spiro atoms. The van der Waals surface area contributed by atoms with Gasteiger partial charge in [0, 0.05) is 0 Å². The van der Waals surface area contributed by atoms with Crippen molar-refractivity contribution in [1.82, 2.24) is 0 Å². The second kappa shape index (κ2) is 21.9. The van der Waals surface area contributed by atoms with Crippen LogP contribution in [-0.2, 0) is 9.05 Å². The maximum absolute atomic E-state index is 14.3. The molecule has 1 aromatic rings. The van der Waals surface area contributed by atoms with Crippen molar-refractivity contribution in [3.8, 4) is 0 Å². The Morgan fingerprint density at radius 3 is 0.848 bits per heavy atom. The summed E-state index contributed by atoms with van der Waals surface area (Å²) in [5.74, 6) is -0.448. The van der Waals surface area contributed by atoms with Crippen molar-refractivity contribution in [2.45, 2.75) is 158 Å². The quantitative estimate of drug-likeness (QED) is 0.0826. The molecule has 0 saturated heterocycles. The van der Waals surface area contributed by atoms with E-state index in [1.807, 2.05) is 18.2 Å². The van der Waals surface area contributed by atoms with Gasteiger partial charge in [-0.3, -0.25) is 0 Å². The third kappa shape index (κ3) is 12.8. The van der Waals surface area contributed by atoms with Crippen LogP contribution in [0, 0.1) is 0 Å². The van der Waals surface area contributed by atoms with E-state index in [0.717, 1.165) is 152 Å². The van der Waals surface area contributed by atoms with E-state index in [4.69, 9.17) is 9.05 Å². The number of carbonyl (C=O) groups is 2. The van der Waals surface area contributed by atoms with Crippen molar-refractivity contribution in [3.63, 3.8) is 0 Å². The van der Waals surface area contributed by atoms with Crippen LogP contribution in [0.3, 0.4) is 0 Å². The van der Waals surface area contributed by atoms with E-state index < -0.39 is 13.7 Å². The van der Waals surface area contributed by atoms with Gasteiger partial charge in [-0.25, -0.2) is 0 Å². The van der Waals surface area contributed by atoms with Crippen LogP contribution in [0.15, 0.2) is 24.3 Å². The molecule has 270 valence electrons. The van der Waals surface area contributed by atoms with Crippen LogP contribution in [0.5, 0.6) is 0 Å². The molecule has 1 aromatic carbocycles. The summed E-state index contributed by atoms with van der Waals surface area (Å²) in [6.45, 7) is 12.4. The van der Waals surface area contributed by atoms with Crippen molar-refractivity contribution in [1.29, 1.82) is 0 Å². The van der Waals surface area contributed by atoms with Crippen LogP contribution < -0.4 is 0 Å². The van der Waals surface area contributed by atoms with Crippen LogP contribution in [0.2, 0.25) is 0 Å². The van der Waals surface area contributed by atoms with Crippen molar-refractivity contribution in [2.24, 2.45) is 0 Å². The van der Waals surface area contributed by atoms with Crippen LogP contribution in [-0.4, -0.2) is 61.2 Å². The Balaban J connectivity index is 3.63. The number of unbranched alkanes of at least 4 members (excludes halogenated alkanes) is 8. The second-order valence-electron chi connectivity index (χ2n) is 14.7. The van der Waals surface area contributed by atoms with Crippen LogP contribution in [0.4, 0.5) is 0 Å². The molecule has 0 saturated carbocycles. The van der Waals surface area contributed by atoms with Gasteiger partial charge in [-0.05, 0) is 0 Å². The Kier molecular flexibility index (Phi) is 20.5. The SMILES string of the molecule is CCCCP(CCCC)(CCCC)(CCCC)OC(=O)c1cccc(C(=O)OP(CCCC)(CCCC)(CCCC)CCCC)c1. The molecule has 0 aromatic heterocycles. The first-order chi connectivity index (χ1) is 22.1. The zero-order chi connectivity index (χ0) is 34.4. The fraction of sp³-hybridized carbons (Fsp3) is 0.800. The maximum atomic E-state index is 14.3. The van der Waals surface area contributed by atoms with Gasteiger partial charge in [0.15, 0.2) is 0 Å². The Morgan fingerprint density at radius 2 is 0.652 bits per heavy atom. The molecule has 0 amide bonds. The Labute approximate surface area is 286 Å². The third-order valence-electron chi connectivity index (χ3n) is 10.6. The van der Waals surface area contributed by atoms with Gasteiger partial charge in [0.25, 0.3) is 0 Å². The van der Waals surface area contributed by atoms with Gasteiger partial charge in [0.2, 0.25) is 0 Å². The molecule has 0 radical (unpaired) electrons. The molecular formula is C40H76O4P2. The molecule has 1 rings (SSSR count). The van der Waals surface area contributed by atoms with E-state index in [2.05, 4.69) is 55.4 Å². The molecule has 0 bridgehead atoms. The molecule has 0 aliphatic carbocycles. The standard InChI is InChI=1S/C40H76O4P2/c1-9-17-28-45(29-18-10-2,30-19-11-3,31-20-12-4)43-39(41)37-26-25-27-38(36-37)40(42)44-46(32-21-13-5,33-22-14-6,34-23-15-7)35-24-16-8/h25-27,36H,9-24,28-35H2,1-8H3. The average Bonchev–Trinajstić information content (AvgIpc) is 3.08. The Morgan fingerprint density at radius 1 is 0.435 bits per heavy atom. The third-order valence-corrected chi connectivity index (χ3v) is 23.6. The zero-order valence-corrected chi connectivity index (χ0v) is 33.6. The summed E-state index contributed by atoms with van der Waals surface area (Å²) in [6.07, 6.45) is 26.0. The van der Waals surface area contributed by atoms with E-state index in [9.17, 15) is 9.59 Å². The van der Waals surface area contributed by atoms with Gasteiger partial charge in [0.1, 0.15) is 0 Å². The van der Waals surface area contributed by atoms with Gasteiger partial charge in [-0.2, -0.15) is 0 Å². The van der Waals surface area contributed by atoms with Crippen molar-refractivity contribution in [2.75, 3.05) is 49.3 Å². The summed E-state index contributed by atoms with van der Waals surface area (Å²) in [6, 6.07) is 7.36.